The fourth-order valence-corrected chi connectivity index (χ4v) is 3.82. The molecule has 1 N–H and O–H groups in total. The van der Waals surface area contributed by atoms with Crippen molar-refractivity contribution in [3.8, 4) is 0 Å². The molecule has 136 valence electrons. The molecule has 2 aromatic rings. The Balaban J connectivity index is 1.32. The highest BCUT2D eigenvalue weighted by molar-refractivity contribution is 5.89. The number of aromatic amines is 1. The number of hydrogen-bond acceptors (Lipinski definition) is 5. The van der Waals surface area contributed by atoms with Crippen LogP contribution in [0.25, 0.3) is 0 Å². The molecule has 4 rings (SSSR count). The molecule has 0 bridgehead atoms. The third kappa shape index (κ3) is 3.44. The second kappa shape index (κ2) is 7.23. The summed E-state index contributed by atoms with van der Waals surface area (Å²) in [6.45, 7) is 2.36. The predicted octanol–water partition coefficient (Wildman–Crippen LogP) is 0.954. The van der Waals surface area contributed by atoms with Crippen molar-refractivity contribution in [3.63, 3.8) is 0 Å². The summed E-state index contributed by atoms with van der Waals surface area (Å²) < 4.78 is 0. The molecule has 8 nitrogen and oxygen atoms in total. The highest BCUT2D eigenvalue weighted by atomic mass is 16.2. The second-order valence-electron chi connectivity index (χ2n) is 6.97. The number of amides is 2. The number of aromatic nitrogens is 4. The molecule has 0 unspecified atom stereocenters. The van der Waals surface area contributed by atoms with Crippen molar-refractivity contribution in [2.24, 2.45) is 5.92 Å². The van der Waals surface area contributed by atoms with E-state index < -0.39 is 0 Å². The minimum Gasteiger partial charge on any atom is -0.342 e. The van der Waals surface area contributed by atoms with E-state index in [1.54, 1.807) is 11.1 Å². The Morgan fingerprint density at radius 1 is 1.23 bits per heavy atom. The van der Waals surface area contributed by atoms with Crippen LogP contribution in [-0.2, 0) is 16.1 Å². The quantitative estimate of drug-likeness (QED) is 0.882. The summed E-state index contributed by atoms with van der Waals surface area (Å²) in [4.78, 5) is 37.3. The molecular weight excluding hydrogens is 332 g/mol. The van der Waals surface area contributed by atoms with Crippen LogP contribution in [0.5, 0.6) is 0 Å². The van der Waals surface area contributed by atoms with Crippen molar-refractivity contribution < 1.29 is 9.59 Å². The van der Waals surface area contributed by atoms with Crippen LogP contribution in [0.15, 0.2) is 30.7 Å². The van der Waals surface area contributed by atoms with Gasteiger partial charge in [0.2, 0.25) is 11.8 Å². The molecule has 1 atom stereocenters. The van der Waals surface area contributed by atoms with Gasteiger partial charge in [-0.2, -0.15) is 5.10 Å². The summed E-state index contributed by atoms with van der Waals surface area (Å²) in [5, 5.41) is 6.82. The SMILES string of the molecule is O=C1C[C@@H](C(=O)N2CCC(c3ncn[nH]3)CC2)CN1Cc1ccccn1. The van der Waals surface area contributed by atoms with Crippen LogP contribution in [-0.4, -0.2) is 61.4 Å². The van der Waals surface area contributed by atoms with E-state index in [1.807, 2.05) is 23.1 Å². The zero-order valence-electron chi connectivity index (χ0n) is 14.5. The summed E-state index contributed by atoms with van der Waals surface area (Å²) >= 11 is 0. The van der Waals surface area contributed by atoms with Gasteiger partial charge < -0.3 is 9.80 Å². The summed E-state index contributed by atoms with van der Waals surface area (Å²) in [7, 11) is 0. The first-order valence-corrected chi connectivity index (χ1v) is 9.02. The molecule has 8 heteroatoms. The standard InChI is InChI=1S/C18H22N6O2/c25-16-9-14(10-24(16)11-15-3-1-2-6-19-15)18(26)23-7-4-13(5-8-23)17-20-12-21-22-17/h1-3,6,12-14H,4-5,7-11H2,(H,20,21,22)/t14-/m1/s1. The molecule has 2 amide bonds. The molecule has 0 saturated carbocycles. The third-order valence-corrected chi connectivity index (χ3v) is 5.27. The predicted molar refractivity (Wildman–Crippen MR) is 92.7 cm³/mol. The molecule has 0 spiro atoms. The maximum absolute atomic E-state index is 12.8. The molecule has 26 heavy (non-hydrogen) atoms. The van der Waals surface area contributed by atoms with Crippen LogP contribution in [0.3, 0.4) is 0 Å². The van der Waals surface area contributed by atoms with Crippen molar-refractivity contribution in [2.45, 2.75) is 31.7 Å². The van der Waals surface area contributed by atoms with Gasteiger partial charge in [0, 0.05) is 38.2 Å². The van der Waals surface area contributed by atoms with Gasteiger partial charge >= 0.3 is 0 Å². The number of hydrogen-bond donors (Lipinski definition) is 1. The topological polar surface area (TPSA) is 95.1 Å². The van der Waals surface area contributed by atoms with Gasteiger partial charge in [0.1, 0.15) is 12.2 Å². The van der Waals surface area contributed by atoms with Gasteiger partial charge in [0.25, 0.3) is 0 Å². The zero-order valence-corrected chi connectivity index (χ0v) is 14.5. The lowest BCUT2D eigenvalue weighted by atomic mass is 9.95. The van der Waals surface area contributed by atoms with Crippen molar-refractivity contribution >= 4 is 11.8 Å². The zero-order chi connectivity index (χ0) is 17.9. The number of likely N-dealkylation sites (tertiary alicyclic amines) is 2. The van der Waals surface area contributed by atoms with Gasteiger partial charge in [-0.1, -0.05) is 6.07 Å². The van der Waals surface area contributed by atoms with Crippen molar-refractivity contribution in [3.05, 3.63) is 42.2 Å². The van der Waals surface area contributed by atoms with E-state index in [-0.39, 0.29) is 17.7 Å². The molecule has 0 aliphatic carbocycles. The first-order chi connectivity index (χ1) is 12.7. The van der Waals surface area contributed by atoms with Crippen LogP contribution in [0.2, 0.25) is 0 Å². The molecule has 2 aliphatic rings. The molecule has 2 saturated heterocycles. The van der Waals surface area contributed by atoms with Gasteiger partial charge in [0.05, 0.1) is 18.2 Å². The monoisotopic (exact) mass is 354 g/mol. The molecule has 0 radical (unpaired) electrons. The number of carbonyl (C=O) groups excluding carboxylic acids is 2. The Labute approximate surface area is 151 Å². The van der Waals surface area contributed by atoms with Crippen LogP contribution < -0.4 is 0 Å². The average molecular weight is 354 g/mol. The first-order valence-electron chi connectivity index (χ1n) is 9.02. The molecule has 0 aromatic carbocycles. The number of pyridine rings is 1. The van der Waals surface area contributed by atoms with Gasteiger partial charge in [-0.25, -0.2) is 4.98 Å². The molecule has 2 fully saturated rings. The van der Waals surface area contributed by atoms with E-state index in [0.717, 1.165) is 24.4 Å². The minimum absolute atomic E-state index is 0.0329. The number of nitrogens with zero attached hydrogens (tertiary/aromatic N) is 5. The van der Waals surface area contributed by atoms with E-state index >= 15 is 0 Å². The first kappa shape index (κ1) is 16.7. The smallest absolute Gasteiger partial charge is 0.227 e. The maximum atomic E-state index is 12.8. The number of H-pyrrole nitrogens is 1. The largest absolute Gasteiger partial charge is 0.342 e. The van der Waals surface area contributed by atoms with E-state index in [9.17, 15) is 9.59 Å². The van der Waals surface area contributed by atoms with Crippen LogP contribution in [0, 0.1) is 5.92 Å². The Morgan fingerprint density at radius 2 is 2.08 bits per heavy atom. The summed E-state index contributed by atoms with van der Waals surface area (Å²) in [6, 6.07) is 5.66. The molecule has 2 aliphatic heterocycles. The fraction of sp³-hybridized carbons (Fsp3) is 0.500. The molecule has 2 aromatic heterocycles. The van der Waals surface area contributed by atoms with Gasteiger partial charge in [-0.3, -0.25) is 19.7 Å². The highest BCUT2D eigenvalue weighted by Crippen LogP contribution is 2.28. The Bertz CT molecular complexity index is 755. The molecule has 4 heterocycles. The Hall–Kier alpha value is -2.77. The van der Waals surface area contributed by atoms with Crippen molar-refractivity contribution in [1.29, 1.82) is 0 Å². The van der Waals surface area contributed by atoms with Crippen molar-refractivity contribution in [2.75, 3.05) is 19.6 Å². The fourth-order valence-electron chi connectivity index (χ4n) is 3.82. The van der Waals surface area contributed by atoms with Crippen molar-refractivity contribution in [1.82, 2.24) is 30.0 Å². The number of piperidine rings is 1. The summed E-state index contributed by atoms with van der Waals surface area (Å²) in [6.07, 6.45) is 5.29. The number of rotatable bonds is 4. The molecular formula is C18H22N6O2. The lowest BCUT2D eigenvalue weighted by molar-refractivity contribution is -0.136. The van der Waals surface area contributed by atoms with E-state index in [1.165, 1.54) is 6.33 Å². The van der Waals surface area contributed by atoms with Crippen LogP contribution >= 0.6 is 0 Å². The average Bonchev–Trinajstić information content (AvgIpc) is 3.33. The van der Waals surface area contributed by atoms with Crippen LogP contribution in [0.4, 0.5) is 0 Å². The Kier molecular flexibility index (Phi) is 4.64. The lowest BCUT2D eigenvalue weighted by Gasteiger charge is -2.32. The number of carbonyl (C=O) groups is 2. The van der Waals surface area contributed by atoms with E-state index in [2.05, 4.69) is 20.2 Å². The second-order valence-corrected chi connectivity index (χ2v) is 6.97. The minimum atomic E-state index is -0.243. The van der Waals surface area contributed by atoms with Gasteiger partial charge in [-0.15, -0.1) is 0 Å². The maximum Gasteiger partial charge on any atom is 0.227 e. The normalized spacial score (nSPS) is 21.4. The third-order valence-electron chi connectivity index (χ3n) is 5.27. The van der Waals surface area contributed by atoms with Gasteiger partial charge in [0.15, 0.2) is 0 Å². The van der Waals surface area contributed by atoms with Gasteiger partial charge in [-0.05, 0) is 25.0 Å². The van der Waals surface area contributed by atoms with E-state index in [4.69, 9.17) is 0 Å². The lowest BCUT2D eigenvalue weighted by Crippen LogP contribution is -2.42. The summed E-state index contributed by atoms with van der Waals surface area (Å²) in [5.41, 5.74) is 0.849. The Morgan fingerprint density at radius 3 is 2.77 bits per heavy atom. The van der Waals surface area contributed by atoms with Crippen LogP contribution in [0.1, 0.15) is 36.7 Å². The highest BCUT2D eigenvalue weighted by Gasteiger charge is 2.37. The number of nitrogens with one attached hydrogen (secondary N) is 1. The van der Waals surface area contributed by atoms with E-state index in [0.29, 0.717) is 38.5 Å². The summed E-state index contributed by atoms with van der Waals surface area (Å²) in [5.74, 6) is 1.11.